The van der Waals surface area contributed by atoms with Gasteiger partial charge in [-0.05, 0) is 71.8 Å². The fourth-order valence-corrected chi connectivity index (χ4v) is 6.14. The first-order chi connectivity index (χ1) is 24.0. The number of hydrogen-bond acceptors (Lipinski definition) is 4. The number of carbonyl (C=O) groups excluding carboxylic acids is 2. The minimum atomic E-state index is -0.354. The van der Waals surface area contributed by atoms with Crippen LogP contribution in [0.15, 0.2) is 72.8 Å². The van der Waals surface area contributed by atoms with Gasteiger partial charge in [-0.25, -0.2) is 9.59 Å². The number of rotatable bonds is 26. The molecule has 49 heavy (non-hydrogen) atoms. The van der Waals surface area contributed by atoms with Crippen LogP contribution in [-0.2, 0) is 11.2 Å². The molecule has 1 unspecified atom stereocenters. The van der Waals surface area contributed by atoms with Crippen molar-refractivity contribution in [1.29, 1.82) is 0 Å². The molecule has 0 radical (unpaired) electrons. The quantitative estimate of drug-likeness (QED) is 0.0485. The Morgan fingerprint density at radius 2 is 0.918 bits per heavy atom. The lowest BCUT2D eigenvalue weighted by atomic mass is 10.0. The molecule has 0 N–H and O–H groups in total. The molecule has 0 aromatic heterocycles. The zero-order chi connectivity index (χ0) is 34.9. The van der Waals surface area contributed by atoms with Crippen LogP contribution in [0.4, 0.5) is 0 Å². The zero-order valence-corrected chi connectivity index (χ0v) is 31.0. The summed E-state index contributed by atoms with van der Waals surface area (Å²) in [6.45, 7) is 6.87. The molecule has 0 fully saturated rings. The highest BCUT2D eigenvalue weighted by Crippen LogP contribution is 2.24. The summed E-state index contributed by atoms with van der Waals surface area (Å²) < 4.78 is 11.0. The standard InChI is InChI=1S/C45H64O4/c1-4-6-7-8-9-10-11-12-13-14-15-16-17-18-19-20-21-22-23-38-24-26-42(27-25-38)45(47)49-43-34-32-40(33-35-43)39-28-30-41(31-29-39)44(46)48-36-37(3)5-2/h24-35,37H,4-23,36H2,1-3H3. The maximum absolute atomic E-state index is 12.8. The van der Waals surface area contributed by atoms with Gasteiger partial charge in [0.05, 0.1) is 17.7 Å². The molecule has 0 bridgehead atoms. The number of benzene rings is 3. The van der Waals surface area contributed by atoms with Gasteiger partial charge in [-0.3, -0.25) is 0 Å². The molecule has 0 saturated heterocycles. The van der Waals surface area contributed by atoms with Gasteiger partial charge < -0.3 is 9.47 Å². The van der Waals surface area contributed by atoms with Gasteiger partial charge in [-0.15, -0.1) is 0 Å². The number of ether oxygens (including phenoxy) is 2. The van der Waals surface area contributed by atoms with Crippen molar-refractivity contribution in [3.05, 3.63) is 89.5 Å². The molecular weight excluding hydrogens is 604 g/mol. The Balaban J connectivity index is 1.23. The van der Waals surface area contributed by atoms with E-state index in [9.17, 15) is 9.59 Å². The van der Waals surface area contributed by atoms with Crippen LogP contribution in [0.5, 0.6) is 5.75 Å². The van der Waals surface area contributed by atoms with Crippen molar-refractivity contribution in [2.45, 2.75) is 149 Å². The van der Waals surface area contributed by atoms with Crippen molar-refractivity contribution in [3.63, 3.8) is 0 Å². The SMILES string of the molecule is CCCCCCCCCCCCCCCCCCCCc1ccc(C(=O)Oc2ccc(-c3ccc(C(=O)OCC(C)CC)cc3)cc2)cc1. The summed E-state index contributed by atoms with van der Waals surface area (Å²) in [6.07, 6.45) is 27.0. The van der Waals surface area contributed by atoms with E-state index in [4.69, 9.17) is 9.47 Å². The van der Waals surface area contributed by atoms with Gasteiger partial charge in [-0.2, -0.15) is 0 Å². The Morgan fingerprint density at radius 3 is 1.39 bits per heavy atom. The lowest BCUT2D eigenvalue weighted by Crippen LogP contribution is -2.11. The van der Waals surface area contributed by atoms with Crippen molar-refractivity contribution in [2.75, 3.05) is 6.61 Å². The lowest BCUT2D eigenvalue weighted by molar-refractivity contribution is 0.0447. The van der Waals surface area contributed by atoms with E-state index in [0.29, 0.717) is 29.4 Å². The van der Waals surface area contributed by atoms with Gasteiger partial charge in [0.25, 0.3) is 0 Å². The molecule has 0 saturated carbocycles. The molecule has 3 rings (SSSR count). The summed E-state index contributed by atoms with van der Waals surface area (Å²) in [7, 11) is 0. The second kappa shape index (κ2) is 24.7. The summed E-state index contributed by atoms with van der Waals surface area (Å²) in [5, 5.41) is 0. The Bertz CT molecular complexity index is 1290. The fraction of sp³-hybridized carbons (Fsp3) is 0.556. The number of aryl methyl sites for hydroxylation is 1. The zero-order valence-electron chi connectivity index (χ0n) is 31.0. The molecule has 0 spiro atoms. The van der Waals surface area contributed by atoms with Crippen LogP contribution in [0, 0.1) is 5.92 Å². The molecule has 4 heteroatoms. The van der Waals surface area contributed by atoms with Crippen molar-refractivity contribution >= 4 is 11.9 Å². The van der Waals surface area contributed by atoms with E-state index in [1.54, 1.807) is 24.3 Å². The average Bonchev–Trinajstić information content (AvgIpc) is 3.13. The molecule has 0 aliphatic carbocycles. The summed E-state index contributed by atoms with van der Waals surface area (Å²) in [5.74, 6) is 0.200. The highest BCUT2D eigenvalue weighted by Gasteiger charge is 2.11. The van der Waals surface area contributed by atoms with E-state index < -0.39 is 0 Å². The number of carbonyl (C=O) groups is 2. The summed E-state index contributed by atoms with van der Waals surface area (Å²) >= 11 is 0. The first kappa shape index (κ1) is 40.0. The Kier molecular flexibility index (Phi) is 20.2. The highest BCUT2D eigenvalue weighted by molar-refractivity contribution is 5.91. The number of unbranched alkanes of at least 4 members (excludes halogenated alkanes) is 17. The van der Waals surface area contributed by atoms with Gasteiger partial charge in [0.15, 0.2) is 0 Å². The predicted octanol–water partition coefficient (Wildman–Crippen LogP) is 13.4. The van der Waals surface area contributed by atoms with Crippen LogP contribution in [0.2, 0.25) is 0 Å². The van der Waals surface area contributed by atoms with E-state index in [2.05, 4.69) is 32.9 Å². The molecule has 0 aliphatic heterocycles. The smallest absolute Gasteiger partial charge is 0.343 e. The van der Waals surface area contributed by atoms with Gasteiger partial charge in [0.2, 0.25) is 0 Å². The topological polar surface area (TPSA) is 52.6 Å². The van der Waals surface area contributed by atoms with E-state index >= 15 is 0 Å². The molecule has 0 amide bonds. The van der Waals surface area contributed by atoms with Crippen molar-refractivity contribution in [1.82, 2.24) is 0 Å². The normalized spacial score (nSPS) is 11.7. The maximum atomic E-state index is 12.8. The minimum Gasteiger partial charge on any atom is -0.462 e. The molecule has 268 valence electrons. The van der Waals surface area contributed by atoms with Crippen molar-refractivity contribution in [2.24, 2.45) is 5.92 Å². The summed E-state index contributed by atoms with van der Waals surface area (Å²) in [4.78, 5) is 25.1. The van der Waals surface area contributed by atoms with Gasteiger partial charge >= 0.3 is 11.9 Å². The average molecular weight is 669 g/mol. The molecule has 1 atom stereocenters. The summed E-state index contributed by atoms with van der Waals surface area (Å²) in [5.41, 5.74) is 4.32. The Morgan fingerprint density at radius 1 is 0.510 bits per heavy atom. The van der Waals surface area contributed by atoms with Crippen LogP contribution >= 0.6 is 0 Å². The minimum absolute atomic E-state index is 0.298. The third-order valence-electron chi connectivity index (χ3n) is 9.72. The second-order valence-corrected chi connectivity index (χ2v) is 14.1. The van der Waals surface area contributed by atoms with E-state index in [0.717, 1.165) is 24.0 Å². The highest BCUT2D eigenvalue weighted by atomic mass is 16.5. The number of esters is 2. The van der Waals surface area contributed by atoms with E-state index in [1.807, 2.05) is 36.4 Å². The lowest BCUT2D eigenvalue weighted by Gasteiger charge is -2.10. The van der Waals surface area contributed by atoms with Crippen molar-refractivity contribution < 1.29 is 19.1 Å². The molecule has 3 aromatic rings. The Hall–Kier alpha value is -3.40. The largest absolute Gasteiger partial charge is 0.462 e. The van der Waals surface area contributed by atoms with Crippen LogP contribution in [0.3, 0.4) is 0 Å². The first-order valence-corrected chi connectivity index (χ1v) is 19.7. The first-order valence-electron chi connectivity index (χ1n) is 19.7. The van der Waals surface area contributed by atoms with Gasteiger partial charge in [-0.1, -0.05) is 173 Å². The van der Waals surface area contributed by atoms with Crippen LogP contribution in [-0.4, -0.2) is 18.5 Å². The molecule has 0 heterocycles. The van der Waals surface area contributed by atoms with Gasteiger partial charge in [0.1, 0.15) is 5.75 Å². The van der Waals surface area contributed by atoms with Crippen LogP contribution in [0.1, 0.15) is 169 Å². The third kappa shape index (κ3) is 16.7. The van der Waals surface area contributed by atoms with Gasteiger partial charge in [0, 0.05) is 0 Å². The van der Waals surface area contributed by atoms with Crippen LogP contribution < -0.4 is 4.74 Å². The Labute approximate surface area is 298 Å². The molecule has 4 nitrogen and oxygen atoms in total. The van der Waals surface area contributed by atoms with E-state index in [1.165, 1.54) is 121 Å². The second-order valence-electron chi connectivity index (χ2n) is 14.1. The summed E-state index contributed by atoms with van der Waals surface area (Å²) in [6, 6.07) is 22.7. The van der Waals surface area contributed by atoms with Crippen LogP contribution in [0.25, 0.3) is 11.1 Å². The molecule has 3 aromatic carbocycles. The van der Waals surface area contributed by atoms with E-state index in [-0.39, 0.29) is 11.9 Å². The fourth-order valence-electron chi connectivity index (χ4n) is 6.14. The maximum Gasteiger partial charge on any atom is 0.343 e. The monoisotopic (exact) mass is 668 g/mol. The number of hydrogen-bond donors (Lipinski definition) is 0. The molecular formula is C45H64O4. The predicted molar refractivity (Wildman–Crippen MR) is 205 cm³/mol. The third-order valence-corrected chi connectivity index (χ3v) is 9.72. The van der Waals surface area contributed by atoms with Crippen molar-refractivity contribution in [3.8, 4) is 16.9 Å². The molecule has 0 aliphatic rings.